The third kappa shape index (κ3) is 2.23. The monoisotopic (exact) mass is 112 g/mol. The molecule has 0 saturated heterocycles. The molecule has 8 heavy (non-hydrogen) atoms. The Morgan fingerprint density at radius 2 is 2.38 bits per heavy atom. The van der Waals surface area contributed by atoms with E-state index < -0.39 is 0 Å². The zero-order valence-corrected chi connectivity index (χ0v) is 4.72. The Hall–Kier alpha value is -0.990. The SMILES string of the molecule is [CH2]N(CC=C)C(=N)N. The van der Waals surface area contributed by atoms with Gasteiger partial charge in [-0.3, -0.25) is 5.41 Å². The minimum atomic E-state index is -0.0371. The summed E-state index contributed by atoms with van der Waals surface area (Å²) in [6.45, 7) is 3.97. The predicted octanol–water partition coefficient (Wildman–Crippen LogP) is 0.159. The molecule has 3 N–H and O–H groups in total. The summed E-state index contributed by atoms with van der Waals surface area (Å²) in [6, 6.07) is 0. The van der Waals surface area contributed by atoms with E-state index >= 15 is 0 Å². The molecule has 3 nitrogen and oxygen atoms in total. The van der Waals surface area contributed by atoms with Gasteiger partial charge in [0.15, 0.2) is 5.96 Å². The normalized spacial score (nSPS) is 8.12. The highest BCUT2D eigenvalue weighted by Crippen LogP contribution is 1.79. The Labute approximate surface area is 49.3 Å². The van der Waals surface area contributed by atoms with Crippen molar-refractivity contribution in [3.05, 3.63) is 19.7 Å². The van der Waals surface area contributed by atoms with Gasteiger partial charge in [0.25, 0.3) is 0 Å². The van der Waals surface area contributed by atoms with Crippen LogP contribution in [0.3, 0.4) is 0 Å². The van der Waals surface area contributed by atoms with E-state index in [9.17, 15) is 0 Å². The summed E-state index contributed by atoms with van der Waals surface area (Å²) in [6.07, 6.45) is 1.63. The first-order valence-electron chi connectivity index (χ1n) is 2.21. The molecule has 0 aromatic heterocycles. The second-order valence-corrected chi connectivity index (χ2v) is 1.40. The third-order valence-corrected chi connectivity index (χ3v) is 0.690. The van der Waals surface area contributed by atoms with Crippen molar-refractivity contribution in [2.45, 2.75) is 0 Å². The molecule has 0 amide bonds. The van der Waals surface area contributed by atoms with Gasteiger partial charge in [-0.25, -0.2) is 0 Å². The Morgan fingerprint density at radius 1 is 1.88 bits per heavy atom. The van der Waals surface area contributed by atoms with E-state index in [1.165, 1.54) is 4.90 Å². The van der Waals surface area contributed by atoms with Crippen LogP contribution in [0.1, 0.15) is 0 Å². The van der Waals surface area contributed by atoms with Crippen LogP contribution in [-0.2, 0) is 0 Å². The lowest BCUT2D eigenvalue weighted by molar-refractivity contribution is 0.604. The zero-order valence-electron chi connectivity index (χ0n) is 4.72. The van der Waals surface area contributed by atoms with Crippen molar-refractivity contribution in [3.63, 3.8) is 0 Å². The van der Waals surface area contributed by atoms with Gasteiger partial charge in [-0.05, 0) is 0 Å². The Balaban J connectivity index is 3.46. The molecule has 0 bridgehead atoms. The fourth-order valence-electron chi connectivity index (χ4n) is 0.254. The van der Waals surface area contributed by atoms with Crippen molar-refractivity contribution in [2.75, 3.05) is 6.54 Å². The maximum Gasteiger partial charge on any atom is 0.188 e. The first kappa shape index (κ1) is 7.01. The summed E-state index contributed by atoms with van der Waals surface area (Å²) >= 11 is 0. The second kappa shape index (κ2) is 3.07. The number of nitrogens with one attached hydrogen (secondary N) is 1. The summed E-state index contributed by atoms with van der Waals surface area (Å²) in [5.41, 5.74) is 5.02. The molecular weight excluding hydrogens is 102 g/mol. The van der Waals surface area contributed by atoms with Gasteiger partial charge in [-0.2, -0.15) is 0 Å². The average molecular weight is 112 g/mol. The number of hydrogen-bond donors (Lipinski definition) is 2. The van der Waals surface area contributed by atoms with Crippen molar-refractivity contribution < 1.29 is 0 Å². The van der Waals surface area contributed by atoms with Crippen LogP contribution in [0.5, 0.6) is 0 Å². The first-order chi connectivity index (χ1) is 3.68. The summed E-state index contributed by atoms with van der Waals surface area (Å²) < 4.78 is 0. The molecule has 0 aliphatic heterocycles. The molecule has 0 aromatic rings. The molecule has 0 unspecified atom stereocenters. The van der Waals surface area contributed by atoms with Crippen LogP contribution in [0.4, 0.5) is 0 Å². The van der Waals surface area contributed by atoms with Gasteiger partial charge >= 0.3 is 0 Å². The molecule has 0 aliphatic rings. The first-order valence-corrected chi connectivity index (χ1v) is 2.21. The maximum atomic E-state index is 6.80. The fraction of sp³-hybridized carbons (Fsp3) is 0.200. The van der Waals surface area contributed by atoms with E-state index in [0.717, 1.165) is 0 Å². The Bertz CT molecular complexity index is 97.8. The number of nitrogens with two attached hydrogens (primary N) is 1. The molecule has 1 radical (unpaired) electrons. The summed E-state index contributed by atoms with van der Waals surface area (Å²) in [5.74, 6) is -0.0371. The van der Waals surface area contributed by atoms with E-state index in [2.05, 4.69) is 13.6 Å². The van der Waals surface area contributed by atoms with Crippen molar-refractivity contribution in [1.29, 1.82) is 5.41 Å². The number of nitrogens with zero attached hydrogens (tertiary/aromatic N) is 1. The number of rotatable bonds is 2. The van der Waals surface area contributed by atoms with Gasteiger partial charge in [0.1, 0.15) is 0 Å². The van der Waals surface area contributed by atoms with Gasteiger partial charge < -0.3 is 10.6 Å². The lowest BCUT2D eigenvalue weighted by atomic mass is 10.6. The van der Waals surface area contributed by atoms with Crippen LogP contribution in [0.25, 0.3) is 0 Å². The van der Waals surface area contributed by atoms with Crippen LogP contribution in [0.2, 0.25) is 0 Å². The van der Waals surface area contributed by atoms with Gasteiger partial charge in [-0.15, -0.1) is 6.58 Å². The smallest absolute Gasteiger partial charge is 0.188 e. The molecule has 0 saturated carbocycles. The molecule has 3 heteroatoms. The highest BCUT2D eigenvalue weighted by Gasteiger charge is 1.92. The van der Waals surface area contributed by atoms with Crippen LogP contribution < -0.4 is 5.73 Å². The quantitative estimate of drug-likeness (QED) is 0.304. The molecule has 45 valence electrons. The Morgan fingerprint density at radius 3 is 2.50 bits per heavy atom. The highest BCUT2D eigenvalue weighted by molar-refractivity contribution is 5.74. The van der Waals surface area contributed by atoms with Crippen LogP contribution in [0, 0.1) is 12.5 Å². The van der Waals surface area contributed by atoms with Gasteiger partial charge in [0.05, 0.1) is 0 Å². The molecule has 0 atom stereocenters. The van der Waals surface area contributed by atoms with Crippen molar-refractivity contribution in [3.8, 4) is 0 Å². The maximum absolute atomic E-state index is 6.80. The van der Waals surface area contributed by atoms with Crippen LogP contribution >= 0.6 is 0 Å². The molecule has 0 heterocycles. The van der Waals surface area contributed by atoms with Crippen molar-refractivity contribution in [1.82, 2.24) is 4.90 Å². The van der Waals surface area contributed by atoms with E-state index in [-0.39, 0.29) is 5.96 Å². The van der Waals surface area contributed by atoms with E-state index in [4.69, 9.17) is 11.1 Å². The number of hydrogen-bond acceptors (Lipinski definition) is 1. The Kier molecular flexibility index (Phi) is 2.69. The van der Waals surface area contributed by atoms with Crippen molar-refractivity contribution >= 4 is 5.96 Å². The third-order valence-electron chi connectivity index (χ3n) is 0.690. The summed E-state index contributed by atoms with van der Waals surface area (Å²) in [5, 5.41) is 6.80. The predicted molar refractivity (Wildman–Crippen MR) is 34.2 cm³/mol. The van der Waals surface area contributed by atoms with Gasteiger partial charge in [0.2, 0.25) is 0 Å². The lowest BCUT2D eigenvalue weighted by Gasteiger charge is -2.11. The minimum Gasteiger partial charge on any atom is -0.370 e. The van der Waals surface area contributed by atoms with E-state index in [1.54, 1.807) is 6.08 Å². The number of guanidine groups is 1. The topological polar surface area (TPSA) is 53.1 Å². The zero-order chi connectivity index (χ0) is 6.57. The van der Waals surface area contributed by atoms with Crippen LogP contribution in [-0.4, -0.2) is 17.4 Å². The fourth-order valence-corrected chi connectivity index (χ4v) is 0.254. The lowest BCUT2D eigenvalue weighted by Crippen LogP contribution is -2.30. The van der Waals surface area contributed by atoms with Gasteiger partial charge in [0, 0.05) is 13.6 Å². The molecule has 0 rings (SSSR count). The minimum absolute atomic E-state index is 0.0371. The second-order valence-electron chi connectivity index (χ2n) is 1.40. The van der Waals surface area contributed by atoms with E-state index in [1.807, 2.05) is 0 Å². The largest absolute Gasteiger partial charge is 0.370 e. The molecule has 0 fully saturated rings. The summed E-state index contributed by atoms with van der Waals surface area (Å²) in [4.78, 5) is 1.34. The average Bonchev–Trinajstić information content (AvgIpc) is 1.67. The van der Waals surface area contributed by atoms with Crippen molar-refractivity contribution in [2.24, 2.45) is 5.73 Å². The highest BCUT2D eigenvalue weighted by atomic mass is 15.2. The standard InChI is InChI=1S/C5H10N3/c1-3-4-8(2)5(6)7/h3H,1-2,4H2,(H3,6,7). The van der Waals surface area contributed by atoms with Crippen LogP contribution in [0.15, 0.2) is 12.7 Å². The summed E-state index contributed by atoms with van der Waals surface area (Å²) in [7, 11) is 3.44. The molecule has 0 aromatic carbocycles. The molecular formula is C5H10N3. The van der Waals surface area contributed by atoms with Gasteiger partial charge in [-0.1, -0.05) is 6.08 Å². The molecule has 0 aliphatic carbocycles. The molecule has 0 spiro atoms. The van der Waals surface area contributed by atoms with E-state index in [0.29, 0.717) is 6.54 Å².